The first-order valence-corrected chi connectivity index (χ1v) is 4.60. The predicted molar refractivity (Wildman–Crippen MR) is 50.0 cm³/mol. The normalized spacial score (nSPS) is 10.3. The third-order valence-electron chi connectivity index (χ3n) is 1.20. The molecule has 0 fully saturated rings. The Hall–Kier alpha value is -0.740. The molecule has 12 heavy (non-hydrogen) atoms. The van der Waals surface area contributed by atoms with Crippen LogP contribution in [0.2, 0.25) is 0 Å². The van der Waals surface area contributed by atoms with Crippen LogP contribution in [0.5, 0.6) is 5.88 Å². The Morgan fingerprint density at radius 3 is 2.67 bits per heavy atom. The van der Waals surface area contributed by atoms with E-state index in [-0.39, 0.29) is 6.10 Å². The number of pyridine rings is 1. The predicted octanol–water partition coefficient (Wildman–Crippen LogP) is 1.83. The molecule has 0 spiro atoms. The van der Waals surface area contributed by atoms with Crippen molar-refractivity contribution in [3.8, 4) is 5.88 Å². The van der Waals surface area contributed by atoms with Gasteiger partial charge in [0, 0.05) is 17.2 Å². The zero-order valence-electron chi connectivity index (χ0n) is 7.15. The summed E-state index contributed by atoms with van der Waals surface area (Å²) in [6.45, 7) is 3.93. The van der Waals surface area contributed by atoms with Crippen LogP contribution >= 0.6 is 11.9 Å². The molecule has 0 aliphatic heterocycles. The molecule has 0 bridgehead atoms. The minimum absolute atomic E-state index is 0.161. The summed E-state index contributed by atoms with van der Waals surface area (Å²) >= 11 is 1.18. The summed E-state index contributed by atoms with van der Waals surface area (Å²) in [5.41, 5.74) is 0. The van der Waals surface area contributed by atoms with Crippen molar-refractivity contribution in [3.05, 3.63) is 18.3 Å². The first-order chi connectivity index (χ1) is 5.72. The van der Waals surface area contributed by atoms with Crippen LogP contribution < -0.4 is 9.88 Å². The summed E-state index contributed by atoms with van der Waals surface area (Å²) in [5.74, 6) is 0.641. The molecule has 0 unspecified atom stereocenters. The van der Waals surface area contributed by atoms with Gasteiger partial charge < -0.3 is 4.74 Å². The summed E-state index contributed by atoms with van der Waals surface area (Å²) in [6, 6.07) is 3.70. The third kappa shape index (κ3) is 2.71. The number of ether oxygens (including phenoxy) is 1. The van der Waals surface area contributed by atoms with Crippen molar-refractivity contribution in [1.29, 1.82) is 0 Å². The van der Waals surface area contributed by atoms with Crippen LogP contribution in [0.3, 0.4) is 0 Å². The van der Waals surface area contributed by atoms with E-state index in [4.69, 9.17) is 9.88 Å². The van der Waals surface area contributed by atoms with Crippen molar-refractivity contribution < 1.29 is 4.74 Å². The fraction of sp³-hybridized carbons (Fsp3) is 0.375. The molecular formula is C8H12N2OS. The fourth-order valence-corrected chi connectivity index (χ4v) is 1.01. The second-order valence-electron chi connectivity index (χ2n) is 2.62. The van der Waals surface area contributed by atoms with E-state index < -0.39 is 0 Å². The van der Waals surface area contributed by atoms with E-state index in [2.05, 4.69) is 4.98 Å². The van der Waals surface area contributed by atoms with Gasteiger partial charge in [0.25, 0.3) is 0 Å². The molecule has 0 radical (unpaired) electrons. The standard InChI is InChI=1S/C8H12N2OS/c1-6(2)11-8-4-3-7(12-9)5-10-8/h3-6H,9H2,1-2H3. The van der Waals surface area contributed by atoms with Gasteiger partial charge in [0.15, 0.2) is 0 Å². The summed E-state index contributed by atoms with van der Waals surface area (Å²) in [5, 5.41) is 5.34. The molecule has 1 rings (SSSR count). The molecule has 3 nitrogen and oxygen atoms in total. The van der Waals surface area contributed by atoms with Crippen molar-refractivity contribution in [2.24, 2.45) is 5.14 Å². The highest BCUT2D eigenvalue weighted by molar-refractivity contribution is 7.97. The molecule has 1 aromatic heterocycles. The minimum Gasteiger partial charge on any atom is -0.475 e. The molecule has 2 N–H and O–H groups in total. The van der Waals surface area contributed by atoms with Crippen LogP contribution in [0.1, 0.15) is 13.8 Å². The van der Waals surface area contributed by atoms with Crippen LogP contribution in [0.4, 0.5) is 0 Å². The average Bonchev–Trinajstić information content (AvgIpc) is 2.05. The van der Waals surface area contributed by atoms with Crippen molar-refractivity contribution in [3.63, 3.8) is 0 Å². The second-order valence-corrected chi connectivity index (χ2v) is 3.32. The van der Waals surface area contributed by atoms with Crippen LogP contribution in [-0.4, -0.2) is 11.1 Å². The van der Waals surface area contributed by atoms with Crippen molar-refractivity contribution >= 4 is 11.9 Å². The van der Waals surface area contributed by atoms with Crippen LogP contribution in [-0.2, 0) is 0 Å². The molecule has 4 heteroatoms. The third-order valence-corrected chi connectivity index (χ3v) is 1.72. The zero-order chi connectivity index (χ0) is 8.97. The maximum Gasteiger partial charge on any atom is 0.213 e. The van der Waals surface area contributed by atoms with E-state index in [0.717, 1.165) is 4.90 Å². The Kier molecular flexibility index (Phi) is 3.37. The number of hydrogen-bond acceptors (Lipinski definition) is 4. The molecule has 0 aliphatic rings. The first-order valence-electron chi connectivity index (χ1n) is 3.72. The lowest BCUT2D eigenvalue weighted by Gasteiger charge is -2.07. The minimum atomic E-state index is 0.161. The van der Waals surface area contributed by atoms with Crippen LogP contribution in [0.25, 0.3) is 0 Å². The summed E-state index contributed by atoms with van der Waals surface area (Å²) in [4.78, 5) is 5.00. The largest absolute Gasteiger partial charge is 0.475 e. The SMILES string of the molecule is CC(C)Oc1ccc(SN)cn1. The van der Waals surface area contributed by atoms with E-state index in [0.29, 0.717) is 5.88 Å². The fourth-order valence-electron chi connectivity index (χ4n) is 0.748. The molecule has 0 amide bonds. The van der Waals surface area contributed by atoms with E-state index in [9.17, 15) is 0 Å². The maximum absolute atomic E-state index is 5.35. The Morgan fingerprint density at radius 2 is 2.25 bits per heavy atom. The summed E-state index contributed by atoms with van der Waals surface area (Å²) in [7, 11) is 0. The molecule has 0 aliphatic carbocycles. The van der Waals surface area contributed by atoms with E-state index in [1.807, 2.05) is 26.0 Å². The number of rotatable bonds is 3. The Morgan fingerprint density at radius 1 is 1.50 bits per heavy atom. The molecule has 66 valence electrons. The lowest BCUT2D eigenvalue weighted by atomic mass is 10.4. The summed E-state index contributed by atoms with van der Waals surface area (Å²) < 4.78 is 5.35. The Labute approximate surface area is 76.5 Å². The van der Waals surface area contributed by atoms with Gasteiger partial charge in [-0.25, -0.2) is 4.98 Å². The zero-order valence-corrected chi connectivity index (χ0v) is 7.97. The monoisotopic (exact) mass is 184 g/mol. The number of nitrogens with zero attached hydrogens (tertiary/aromatic N) is 1. The Balaban J connectivity index is 2.65. The lowest BCUT2D eigenvalue weighted by molar-refractivity contribution is 0.232. The van der Waals surface area contributed by atoms with Crippen LogP contribution in [0, 0.1) is 0 Å². The van der Waals surface area contributed by atoms with Gasteiger partial charge in [0.2, 0.25) is 5.88 Å². The lowest BCUT2D eigenvalue weighted by Crippen LogP contribution is -2.06. The van der Waals surface area contributed by atoms with Gasteiger partial charge in [-0.05, 0) is 31.9 Å². The molecule has 0 saturated heterocycles. The van der Waals surface area contributed by atoms with E-state index in [1.165, 1.54) is 11.9 Å². The molecule has 0 aromatic carbocycles. The van der Waals surface area contributed by atoms with Crippen molar-refractivity contribution in [1.82, 2.24) is 4.98 Å². The quantitative estimate of drug-likeness (QED) is 0.728. The molecule has 0 saturated carbocycles. The molecule has 1 aromatic rings. The number of aromatic nitrogens is 1. The van der Waals surface area contributed by atoms with Gasteiger partial charge in [0.05, 0.1) is 6.10 Å². The van der Waals surface area contributed by atoms with Gasteiger partial charge in [-0.1, -0.05) is 0 Å². The van der Waals surface area contributed by atoms with Crippen molar-refractivity contribution in [2.75, 3.05) is 0 Å². The highest BCUT2D eigenvalue weighted by Crippen LogP contribution is 2.14. The van der Waals surface area contributed by atoms with E-state index >= 15 is 0 Å². The van der Waals surface area contributed by atoms with Crippen LogP contribution in [0.15, 0.2) is 23.2 Å². The van der Waals surface area contributed by atoms with Crippen molar-refractivity contribution in [2.45, 2.75) is 24.8 Å². The van der Waals surface area contributed by atoms with E-state index in [1.54, 1.807) is 6.20 Å². The van der Waals surface area contributed by atoms with Gasteiger partial charge in [-0.2, -0.15) is 0 Å². The topological polar surface area (TPSA) is 48.1 Å². The average molecular weight is 184 g/mol. The highest BCUT2D eigenvalue weighted by Gasteiger charge is 1.98. The van der Waals surface area contributed by atoms with Gasteiger partial charge in [-0.15, -0.1) is 0 Å². The smallest absolute Gasteiger partial charge is 0.213 e. The molecule has 0 atom stereocenters. The molecule has 1 heterocycles. The number of hydrogen-bond donors (Lipinski definition) is 1. The Bertz CT molecular complexity index is 235. The number of nitrogens with two attached hydrogens (primary N) is 1. The maximum atomic E-state index is 5.35. The second kappa shape index (κ2) is 4.33. The molecular weight excluding hydrogens is 172 g/mol. The first kappa shape index (κ1) is 9.35. The highest BCUT2D eigenvalue weighted by atomic mass is 32.2. The van der Waals surface area contributed by atoms with Gasteiger partial charge >= 0.3 is 0 Å². The van der Waals surface area contributed by atoms with Gasteiger partial charge in [-0.3, -0.25) is 5.14 Å². The van der Waals surface area contributed by atoms with Gasteiger partial charge in [0.1, 0.15) is 0 Å². The summed E-state index contributed by atoms with van der Waals surface area (Å²) in [6.07, 6.45) is 1.86.